The summed E-state index contributed by atoms with van der Waals surface area (Å²) in [7, 11) is 0. The smallest absolute Gasteiger partial charge is 0.338 e. The molecule has 0 unspecified atom stereocenters. The van der Waals surface area contributed by atoms with Gasteiger partial charge in [0.25, 0.3) is 11.2 Å². The Labute approximate surface area is 234 Å². The molecule has 9 nitrogen and oxygen atoms in total. The number of benzene rings is 2. The van der Waals surface area contributed by atoms with Crippen LogP contribution in [0.1, 0.15) is 31.2 Å². The first kappa shape index (κ1) is 26.7. The molecule has 198 valence electrons. The average molecular weight is 582 g/mol. The number of hydrogen-bond acceptors (Lipinski definition) is 9. The number of rotatable bonds is 7. The van der Waals surface area contributed by atoms with Crippen LogP contribution in [0, 0.1) is 10.1 Å². The van der Waals surface area contributed by atoms with Crippen LogP contribution >= 0.6 is 34.7 Å². The maximum atomic E-state index is 13.7. The van der Waals surface area contributed by atoms with Gasteiger partial charge in [-0.25, -0.2) is 9.79 Å². The molecule has 39 heavy (non-hydrogen) atoms. The van der Waals surface area contributed by atoms with Crippen LogP contribution in [0.4, 0.5) is 5.69 Å². The molecule has 12 heteroatoms. The van der Waals surface area contributed by atoms with Gasteiger partial charge in [0.15, 0.2) is 9.89 Å². The summed E-state index contributed by atoms with van der Waals surface area (Å²) in [6, 6.07) is 15.8. The predicted octanol–water partition coefficient (Wildman–Crippen LogP) is 5.10. The zero-order valence-electron chi connectivity index (χ0n) is 20.6. The van der Waals surface area contributed by atoms with Crippen molar-refractivity contribution >= 4 is 52.4 Å². The molecular weight excluding hydrogens is 562 g/mol. The lowest BCUT2D eigenvalue weighted by Gasteiger charge is -2.24. The largest absolute Gasteiger partial charge is 0.463 e. The van der Waals surface area contributed by atoms with E-state index in [-0.39, 0.29) is 17.9 Å². The number of esters is 1. The molecule has 0 aliphatic carbocycles. The molecule has 0 radical (unpaired) electrons. The Morgan fingerprint density at radius 3 is 2.74 bits per heavy atom. The summed E-state index contributed by atoms with van der Waals surface area (Å²) in [5.74, 6) is -0.176. The standard InChI is InChI=1S/C27H20ClN3O6S2/c1-3-36-26(33)23-15(2)29-27-30(24(23)16-5-4-6-18(13-16)31(34)35)25(32)21(39-27)14-19-9-12-22(37-19)38-20-10-7-17(28)8-11-20/h4-14,24H,3H2,1-2H3/b21-14+/t24-/m1/s1. The zero-order chi connectivity index (χ0) is 27.7. The monoisotopic (exact) mass is 581 g/mol. The van der Waals surface area contributed by atoms with Crippen molar-refractivity contribution in [2.75, 3.05) is 6.61 Å². The Morgan fingerprint density at radius 1 is 1.26 bits per heavy atom. The first-order valence-electron chi connectivity index (χ1n) is 11.7. The Bertz CT molecular complexity index is 1800. The van der Waals surface area contributed by atoms with Gasteiger partial charge in [0.05, 0.1) is 33.4 Å². The fraction of sp³-hybridized carbons (Fsp3) is 0.148. The molecule has 0 N–H and O–H groups in total. The molecule has 0 saturated heterocycles. The van der Waals surface area contributed by atoms with Crippen molar-refractivity contribution in [1.29, 1.82) is 0 Å². The number of thiazole rings is 1. The van der Waals surface area contributed by atoms with Gasteiger partial charge in [-0.05, 0) is 55.8 Å². The third-order valence-electron chi connectivity index (χ3n) is 5.82. The van der Waals surface area contributed by atoms with Crippen LogP contribution in [0.5, 0.6) is 0 Å². The van der Waals surface area contributed by atoms with Crippen LogP contribution in [0.2, 0.25) is 5.02 Å². The third-order valence-corrected chi connectivity index (χ3v) is 7.98. The van der Waals surface area contributed by atoms with Gasteiger partial charge < -0.3 is 9.15 Å². The second-order valence-electron chi connectivity index (χ2n) is 8.37. The molecule has 0 amide bonds. The quantitative estimate of drug-likeness (QED) is 0.169. The second kappa shape index (κ2) is 11.0. The molecule has 0 saturated carbocycles. The number of fused-ring (bicyclic) bond motifs is 1. The Kier molecular flexibility index (Phi) is 7.56. The van der Waals surface area contributed by atoms with Crippen molar-refractivity contribution in [3.05, 3.63) is 118 Å². The van der Waals surface area contributed by atoms with Gasteiger partial charge in [-0.1, -0.05) is 46.8 Å². The van der Waals surface area contributed by atoms with Crippen LogP contribution in [0.15, 0.2) is 96.1 Å². The van der Waals surface area contributed by atoms with E-state index < -0.39 is 22.5 Å². The highest BCUT2D eigenvalue weighted by atomic mass is 35.5. The summed E-state index contributed by atoms with van der Waals surface area (Å²) < 4.78 is 12.9. The van der Waals surface area contributed by atoms with Crippen LogP contribution < -0.4 is 14.9 Å². The lowest BCUT2D eigenvalue weighted by molar-refractivity contribution is -0.384. The normalized spacial score (nSPS) is 15.2. The molecule has 2 aromatic carbocycles. The summed E-state index contributed by atoms with van der Waals surface area (Å²) in [5.41, 5.74) is 0.351. The summed E-state index contributed by atoms with van der Waals surface area (Å²) in [4.78, 5) is 43.4. The Hall–Kier alpha value is -3.93. The minimum absolute atomic E-state index is 0.122. The number of non-ortho nitro benzene ring substituents is 1. The lowest BCUT2D eigenvalue weighted by Crippen LogP contribution is -2.39. The highest BCUT2D eigenvalue weighted by Gasteiger charge is 2.34. The maximum Gasteiger partial charge on any atom is 0.338 e. The van der Waals surface area contributed by atoms with Gasteiger partial charge >= 0.3 is 5.97 Å². The first-order chi connectivity index (χ1) is 18.7. The molecule has 0 fully saturated rings. The molecule has 2 aromatic heterocycles. The molecule has 1 aliphatic heterocycles. The fourth-order valence-electron chi connectivity index (χ4n) is 4.13. The summed E-state index contributed by atoms with van der Waals surface area (Å²) in [5, 5.41) is 12.7. The fourth-order valence-corrected chi connectivity index (χ4v) is 6.06. The van der Waals surface area contributed by atoms with Gasteiger partial charge in [-0.3, -0.25) is 19.5 Å². The van der Waals surface area contributed by atoms with Crippen molar-refractivity contribution in [1.82, 2.24) is 4.57 Å². The van der Waals surface area contributed by atoms with E-state index in [1.165, 1.54) is 34.5 Å². The Balaban J connectivity index is 1.59. The minimum Gasteiger partial charge on any atom is -0.463 e. The molecular formula is C27H20ClN3O6S2. The number of nitrogens with zero attached hydrogens (tertiary/aromatic N) is 3. The van der Waals surface area contributed by atoms with Gasteiger partial charge in [-0.15, -0.1) is 0 Å². The molecule has 4 aromatic rings. The van der Waals surface area contributed by atoms with Gasteiger partial charge in [-0.2, -0.15) is 0 Å². The van der Waals surface area contributed by atoms with Crippen LogP contribution in [0.3, 0.4) is 0 Å². The van der Waals surface area contributed by atoms with Crippen molar-refractivity contribution in [3.8, 4) is 0 Å². The Morgan fingerprint density at radius 2 is 2.03 bits per heavy atom. The number of hydrogen-bond donors (Lipinski definition) is 0. The molecule has 0 bridgehead atoms. The molecule has 1 aliphatic rings. The number of ether oxygens (including phenoxy) is 1. The number of furan rings is 1. The molecule has 5 rings (SSSR count). The second-order valence-corrected chi connectivity index (χ2v) is 10.9. The summed E-state index contributed by atoms with van der Waals surface area (Å²) in [6.45, 7) is 3.45. The zero-order valence-corrected chi connectivity index (χ0v) is 23.0. The molecule has 1 atom stereocenters. The van der Waals surface area contributed by atoms with E-state index >= 15 is 0 Å². The number of nitro groups is 1. The predicted molar refractivity (Wildman–Crippen MR) is 148 cm³/mol. The van der Waals surface area contributed by atoms with Crippen LogP contribution in [0.25, 0.3) is 6.08 Å². The number of halogens is 1. The van der Waals surface area contributed by atoms with Gasteiger partial charge in [0.1, 0.15) is 5.76 Å². The van der Waals surface area contributed by atoms with Crippen LogP contribution in [-0.2, 0) is 9.53 Å². The van der Waals surface area contributed by atoms with Crippen molar-refractivity contribution in [3.63, 3.8) is 0 Å². The van der Waals surface area contributed by atoms with E-state index in [0.717, 1.165) is 16.2 Å². The van der Waals surface area contributed by atoms with Crippen molar-refractivity contribution < 1.29 is 18.9 Å². The SMILES string of the molecule is CCOC(=O)C1=C(C)N=c2s/c(=C/c3ccc(Sc4ccc(Cl)cc4)o3)c(=O)n2[C@@H]1c1cccc([N+](=O)[O-])c1. The first-order valence-corrected chi connectivity index (χ1v) is 13.7. The van der Waals surface area contributed by atoms with Crippen LogP contribution in [-0.4, -0.2) is 22.1 Å². The third kappa shape index (κ3) is 5.47. The number of allylic oxidation sites excluding steroid dienone is 1. The molecule has 0 spiro atoms. The van der Waals surface area contributed by atoms with E-state index in [9.17, 15) is 19.7 Å². The van der Waals surface area contributed by atoms with E-state index in [1.54, 1.807) is 50.3 Å². The van der Waals surface area contributed by atoms with Crippen molar-refractivity contribution in [2.45, 2.75) is 29.9 Å². The average Bonchev–Trinajstić information content (AvgIpc) is 3.48. The van der Waals surface area contributed by atoms with Gasteiger partial charge in [0.2, 0.25) is 0 Å². The highest BCUT2D eigenvalue weighted by Crippen LogP contribution is 2.33. The topological polar surface area (TPSA) is 117 Å². The van der Waals surface area contributed by atoms with E-state index in [4.69, 9.17) is 20.8 Å². The number of carbonyl (C=O) groups excluding carboxylic acids is 1. The summed E-state index contributed by atoms with van der Waals surface area (Å²) >= 11 is 8.50. The highest BCUT2D eigenvalue weighted by molar-refractivity contribution is 7.99. The number of nitro benzene ring substituents is 1. The minimum atomic E-state index is -0.949. The van der Waals surface area contributed by atoms with E-state index in [0.29, 0.717) is 36.5 Å². The lowest BCUT2D eigenvalue weighted by atomic mass is 9.95. The summed E-state index contributed by atoms with van der Waals surface area (Å²) in [6.07, 6.45) is 1.61. The van der Waals surface area contributed by atoms with E-state index in [1.807, 2.05) is 12.1 Å². The van der Waals surface area contributed by atoms with Crippen molar-refractivity contribution in [2.24, 2.45) is 4.99 Å². The van der Waals surface area contributed by atoms with Gasteiger partial charge in [0, 0.05) is 28.1 Å². The molecule has 3 heterocycles. The number of aromatic nitrogens is 1. The van der Waals surface area contributed by atoms with E-state index in [2.05, 4.69) is 4.99 Å². The maximum absolute atomic E-state index is 13.7. The number of carbonyl (C=O) groups is 1.